The van der Waals surface area contributed by atoms with Gasteiger partial charge in [0.15, 0.2) is 0 Å². The van der Waals surface area contributed by atoms with Gasteiger partial charge in [0.1, 0.15) is 5.65 Å². The molecule has 132 valence electrons. The molecule has 1 aromatic carbocycles. The van der Waals surface area contributed by atoms with E-state index in [1.807, 2.05) is 23.1 Å². The van der Waals surface area contributed by atoms with E-state index in [2.05, 4.69) is 78.3 Å². The lowest BCUT2D eigenvalue weighted by Gasteiger charge is -2.13. The van der Waals surface area contributed by atoms with Gasteiger partial charge >= 0.3 is 0 Å². The van der Waals surface area contributed by atoms with Crippen molar-refractivity contribution in [2.45, 2.75) is 33.4 Å². The molecule has 0 aliphatic carbocycles. The van der Waals surface area contributed by atoms with Crippen LogP contribution in [0.5, 0.6) is 0 Å². The Hall–Kier alpha value is -3.08. The summed E-state index contributed by atoms with van der Waals surface area (Å²) in [5.74, 6) is 0. The fourth-order valence-electron chi connectivity index (χ4n) is 3.14. The van der Waals surface area contributed by atoms with Crippen LogP contribution >= 0.6 is 0 Å². The van der Waals surface area contributed by atoms with Gasteiger partial charge in [-0.3, -0.25) is 4.68 Å². The van der Waals surface area contributed by atoms with Gasteiger partial charge in [-0.05, 0) is 44.5 Å². The number of nitrogens with one attached hydrogen (secondary N) is 1. The van der Waals surface area contributed by atoms with E-state index in [1.165, 1.54) is 11.1 Å². The molecule has 0 spiro atoms. The maximum absolute atomic E-state index is 4.76. The quantitative estimate of drug-likeness (QED) is 0.570. The molecule has 1 unspecified atom stereocenters. The fourth-order valence-corrected chi connectivity index (χ4v) is 3.14. The lowest BCUT2D eigenvalue weighted by molar-refractivity contribution is 0.658. The average Bonchev–Trinajstić information content (AvgIpc) is 3.30. The number of aromatic nitrogens is 4. The predicted octanol–water partition coefficient (Wildman–Crippen LogP) is 4.70. The van der Waals surface area contributed by atoms with E-state index in [4.69, 9.17) is 4.98 Å². The SMILES string of the molecule is CCn1cc(C(C)Nc2ccc(-c3cn4cccc(C)c4n3)cc2)cn1. The van der Waals surface area contributed by atoms with Gasteiger partial charge in [0.2, 0.25) is 0 Å². The second-order valence-electron chi connectivity index (χ2n) is 6.62. The van der Waals surface area contributed by atoms with E-state index in [1.54, 1.807) is 0 Å². The van der Waals surface area contributed by atoms with Crippen LogP contribution in [-0.2, 0) is 6.54 Å². The van der Waals surface area contributed by atoms with Crippen LogP contribution in [0.25, 0.3) is 16.9 Å². The van der Waals surface area contributed by atoms with Crippen molar-refractivity contribution < 1.29 is 0 Å². The molecule has 0 aliphatic heterocycles. The summed E-state index contributed by atoms with van der Waals surface area (Å²) in [6.45, 7) is 7.21. The Morgan fingerprint density at radius 3 is 2.62 bits per heavy atom. The third-order valence-corrected chi connectivity index (χ3v) is 4.72. The zero-order valence-corrected chi connectivity index (χ0v) is 15.3. The topological polar surface area (TPSA) is 47.2 Å². The van der Waals surface area contributed by atoms with E-state index in [-0.39, 0.29) is 6.04 Å². The third-order valence-electron chi connectivity index (χ3n) is 4.72. The summed E-state index contributed by atoms with van der Waals surface area (Å²) < 4.78 is 4.02. The number of nitrogens with zero attached hydrogens (tertiary/aromatic N) is 4. The van der Waals surface area contributed by atoms with E-state index in [0.29, 0.717) is 0 Å². The van der Waals surface area contributed by atoms with Crippen molar-refractivity contribution in [3.05, 3.63) is 72.3 Å². The highest BCUT2D eigenvalue weighted by Crippen LogP contribution is 2.24. The van der Waals surface area contributed by atoms with Crippen LogP contribution < -0.4 is 5.32 Å². The second kappa shape index (κ2) is 6.67. The zero-order chi connectivity index (χ0) is 18.1. The zero-order valence-electron chi connectivity index (χ0n) is 15.3. The van der Waals surface area contributed by atoms with Gasteiger partial charge in [-0.15, -0.1) is 0 Å². The molecular weight excluding hydrogens is 322 g/mol. The molecule has 5 heteroatoms. The summed E-state index contributed by atoms with van der Waals surface area (Å²) >= 11 is 0. The lowest BCUT2D eigenvalue weighted by atomic mass is 10.1. The van der Waals surface area contributed by atoms with Crippen molar-refractivity contribution in [2.75, 3.05) is 5.32 Å². The van der Waals surface area contributed by atoms with Crippen molar-refractivity contribution in [2.24, 2.45) is 0 Å². The van der Waals surface area contributed by atoms with E-state index >= 15 is 0 Å². The van der Waals surface area contributed by atoms with Gasteiger partial charge in [0, 0.05) is 41.9 Å². The van der Waals surface area contributed by atoms with Crippen molar-refractivity contribution in [1.82, 2.24) is 19.2 Å². The van der Waals surface area contributed by atoms with Crippen molar-refractivity contribution in [3.8, 4) is 11.3 Å². The number of fused-ring (bicyclic) bond motifs is 1. The highest BCUT2D eigenvalue weighted by atomic mass is 15.3. The summed E-state index contributed by atoms with van der Waals surface area (Å²) in [5.41, 5.74) is 6.56. The fraction of sp³-hybridized carbons (Fsp3) is 0.238. The molecule has 26 heavy (non-hydrogen) atoms. The molecule has 0 aliphatic rings. The van der Waals surface area contributed by atoms with E-state index < -0.39 is 0 Å². The van der Waals surface area contributed by atoms with Gasteiger partial charge in [-0.1, -0.05) is 18.2 Å². The van der Waals surface area contributed by atoms with E-state index in [0.717, 1.165) is 29.1 Å². The molecule has 4 aromatic rings. The van der Waals surface area contributed by atoms with Gasteiger partial charge < -0.3 is 9.72 Å². The predicted molar refractivity (Wildman–Crippen MR) is 105 cm³/mol. The average molecular weight is 345 g/mol. The summed E-state index contributed by atoms with van der Waals surface area (Å²) in [6, 6.07) is 12.8. The minimum Gasteiger partial charge on any atom is -0.378 e. The first kappa shape index (κ1) is 16.4. The summed E-state index contributed by atoms with van der Waals surface area (Å²) in [4.78, 5) is 4.76. The number of imidazole rings is 1. The summed E-state index contributed by atoms with van der Waals surface area (Å²) in [7, 11) is 0. The van der Waals surface area contributed by atoms with Crippen LogP contribution in [-0.4, -0.2) is 19.2 Å². The van der Waals surface area contributed by atoms with Crippen LogP contribution in [0.4, 0.5) is 5.69 Å². The Morgan fingerprint density at radius 2 is 1.92 bits per heavy atom. The second-order valence-corrected chi connectivity index (χ2v) is 6.62. The molecule has 1 atom stereocenters. The number of hydrogen-bond acceptors (Lipinski definition) is 3. The highest BCUT2D eigenvalue weighted by Gasteiger charge is 2.09. The molecule has 0 bridgehead atoms. The van der Waals surface area contributed by atoms with Crippen molar-refractivity contribution in [1.29, 1.82) is 0 Å². The van der Waals surface area contributed by atoms with Gasteiger partial charge in [0.25, 0.3) is 0 Å². The molecule has 3 aromatic heterocycles. The van der Waals surface area contributed by atoms with Crippen molar-refractivity contribution >= 4 is 11.3 Å². The van der Waals surface area contributed by atoms with Crippen LogP contribution in [0.15, 0.2) is 61.2 Å². The number of pyridine rings is 1. The van der Waals surface area contributed by atoms with Gasteiger partial charge in [-0.25, -0.2) is 4.98 Å². The van der Waals surface area contributed by atoms with Gasteiger partial charge in [-0.2, -0.15) is 5.10 Å². The lowest BCUT2D eigenvalue weighted by Crippen LogP contribution is -2.05. The molecule has 3 heterocycles. The molecule has 0 fully saturated rings. The third kappa shape index (κ3) is 3.08. The minimum absolute atomic E-state index is 0.207. The number of hydrogen-bond donors (Lipinski definition) is 1. The Balaban J connectivity index is 1.53. The normalized spacial score (nSPS) is 12.4. The molecular formula is C21H23N5. The highest BCUT2D eigenvalue weighted by molar-refractivity contribution is 5.66. The molecule has 4 rings (SSSR count). The molecule has 0 amide bonds. The Morgan fingerprint density at radius 1 is 1.12 bits per heavy atom. The largest absolute Gasteiger partial charge is 0.378 e. The first-order chi connectivity index (χ1) is 12.6. The maximum Gasteiger partial charge on any atom is 0.140 e. The standard InChI is InChI=1S/C21H23N5/c1-4-26-13-18(12-22-26)16(3)23-19-9-7-17(8-10-19)20-14-25-11-5-6-15(2)21(25)24-20/h5-14,16,23H,4H2,1-3H3. The molecule has 0 saturated heterocycles. The Kier molecular flexibility index (Phi) is 4.21. The summed E-state index contributed by atoms with van der Waals surface area (Å²) in [6.07, 6.45) is 8.12. The first-order valence-electron chi connectivity index (χ1n) is 8.97. The summed E-state index contributed by atoms with van der Waals surface area (Å²) in [5, 5.41) is 7.88. The number of benzene rings is 1. The minimum atomic E-state index is 0.207. The molecule has 1 N–H and O–H groups in total. The number of anilines is 1. The monoisotopic (exact) mass is 345 g/mol. The number of rotatable bonds is 5. The first-order valence-corrected chi connectivity index (χ1v) is 8.97. The Bertz CT molecular complexity index is 1030. The molecule has 5 nitrogen and oxygen atoms in total. The maximum atomic E-state index is 4.76. The molecule has 0 radical (unpaired) electrons. The van der Waals surface area contributed by atoms with Crippen LogP contribution in [0.3, 0.4) is 0 Å². The Labute approximate surface area is 153 Å². The smallest absolute Gasteiger partial charge is 0.140 e. The van der Waals surface area contributed by atoms with E-state index in [9.17, 15) is 0 Å². The number of aryl methyl sites for hydroxylation is 2. The van der Waals surface area contributed by atoms with Crippen LogP contribution in [0.1, 0.15) is 31.0 Å². The van der Waals surface area contributed by atoms with Crippen molar-refractivity contribution in [3.63, 3.8) is 0 Å². The van der Waals surface area contributed by atoms with Crippen LogP contribution in [0, 0.1) is 6.92 Å². The van der Waals surface area contributed by atoms with Gasteiger partial charge in [0.05, 0.1) is 17.9 Å². The molecule has 0 saturated carbocycles. The van der Waals surface area contributed by atoms with Crippen LogP contribution in [0.2, 0.25) is 0 Å².